The lowest BCUT2D eigenvalue weighted by Crippen LogP contribution is -2.27. The standard InChI is InChI=1S/C17H20N2O4/c1-4-22-16(20)14(17(21)23-5-2)13-9-6-8-12(3)15(13)19-11-7-10-18-19/h6-11,14H,4-5H2,1-3H3. The smallest absolute Gasteiger partial charge is 0.324 e. The molecule has 0 saturated heterocycles. The highest BCUT2D eigenvalue weighted by Gasteiger charge is 2.34. The topological polar surface area (TPSA) is 70.4 Å². The fraction of sp³-hybridized carbons (Fsp3) is 0.353. The van der Waals surface area contributed by atoms with Gasteiger partial charge in [-0.3, -0.25) is 9.59 Å². The first-order valence-corrected chi connectivity index (χ1v) is 7.52. The first-order chi connectivity index (χ1) is 11.1. The van der Waals surface area contributed by atoms with Crippen molar-refractivity contribution in [2.24, 2.45) is 0 Å². The molecule has 0 aliphatic carbocycles. The first-order valence-electron chi connectivity index (χ1n) is 7.52. The van der Waals surface area contributed by atoms with Gasteiger partial charge in [0.2, 0.25) is 0 Å². The molecule has 2 rings (SSSR count). The molecule has 1 aromatic heterocycles. The molecule has 2 aromatic rings. The molecule has 0 fully saturated rings. The second kappa shape index (κ2) is 7.58. The number of ether oxygens (including phenoxy) is 2. The molecule has 0 spiro atoms. The van der Waals surface area contributed by atoms with Crippen LogP contribution in [0.4, 0.5) is 0 Å². The van der Waals surface area contributed by atoms with Crippen molar-refractivity contribution < 1.29 is 19.1 Å². The van der Waals surface area contributed by atoms with Crippen molar-refractivity contribution in [1.82, 2.24) is 9.78 Å². The Bertz CT molecular complexity index is 662. The predicted octanol–water partition coefficient (Wildman–Crippen LogP) is 2.39. The number of hydrogen-bond donors (Lipinski definition) is 0. The van der Waals surface area contributed by atoms with E-state index in [0.717, 1.165) is 5.56 Å². The molecular formula is C17H20N2O4. The molecule has 0 aliphatic heterocycles. The maximum atomic E-state index is 12.3. The lowest BCUT2D eigenvalue weighted by atomic mass is 9.95. The van der Waals surface area contributed by atoms with E-state index in [4.69, 9.17) is 9.47 Å². The third-order valence-corrected chi connectivity index (χ3v) is 3.36. The van der Waals surface area contributed by atoms with Crippen LogP contribution >= 0.6 is 0 Å². The molecule has 0 atom stereocenters. The van der Waals surface area contributed by atoms with Crippen LogP contribution in [0.5, 0.6) is 0 Å². The molecule has 0 amide bonds. The Morgan fingerprint density at radius 2 is 1.78 bits per heavy atom. The lowest BCUT2D eigenvalue weighted by Gasteiger charge is -2.19. The zero-order valence-corrected chi connectivity index (χ0v) is 13.5. The number of esters is 2. The summed E-state index contributed by atoms with van der Waals surface area (Å²) < 4.78 is 11.8. The number of para-hydroxylation sites is 1. The number of benzene rings is 1. The van der Waals surface area contributed by atoms with Gasteiger partial charge in [0.1, 0.15) is 0 Å². The molecule has 122 valence electrons. The monoisotopic (exact) mass is 316 g/mol. The van der Waals surface area contributed by atoms with Gasteiger partial charge in [-0.25, -0.2) is 4.68 Å². The van der Waals surface area contributed by atoms with Crippen LogP contribution in [-0.4, -0.2) is 34.9 Å². The molecular weight excluding hydrogens is 296 g/mol. The van der Waals surface area contributed by atoms with Crippen LogP contribution in [-0.2, 0) is 19.1 Å². The Labute approximate surface area is 135 Å². The molecule has 0 radical (unpaired) electrons. The van der Waals surface area contributed by atoms with Crippen LogP contribution in [0.3, 0.4) is 0 Å². The quantitative estimate of drug-likeness (QED) is 0.604. The fourth-order valence-corrected chi connectivity index (χ4v) is 2.43. The van der Waals surface area contributed by atoms with E-state index in [1.165, 1.54) is 0 Å². The Morgan fingerprint density at radius 3 is 2.30 bits per heavy atom. The summed E-state index contributed by atoms with van der Waals surface area (Å²) in [5.74, 6) is -2.37. The van der Waals surface area contributed by atoms with Crippen molar-refractivity contribution in [3.05, 3.63) is 47.8 Å². The largest absolute Gasteiger partial charge is 0.465 e. The third-order valence-electron chi connectivity index (χ3n) is 3.36. The second-order valence-corrected chi connectivity index (χ2v) is 4.90. The molecule has 0 unspecified atom stereocenters. The molecule has 6 heteroatoms. The maximum Gasteiger partial charge on any atom is 0.324 e. The number of aryl methyl sites for hydroxylation is 1. The molecule has 23 heavy (non-hydrogen) atoms. The van der Waals surface area contributed by atoms with Gasteiger partial charge in [-0.1, -0.05) is 18.2 Å². The summed E-state index contributed by atoms with van der Waals surface area (Å²) in [5.41, 5.74) is 2.10. The van der Waals surface area contributed by atoms with Gasteiger partial charge in [-0.05, 0) is 32.4 Å². The number of nitrogens with zero attached hydrogens (tertiary/aromatic N) is 2. The van der Waals surface area contributed by atoms with Crippen LogP contribution in [0.2, 0.25) is 0 Å². The van der Waals surface area contributed by atoms with Crippen molar-refractivity contribution in [2.75, 3.05) is 13.2 Å². The van der Waals surface area contributed by atoms with E-state index in [1.807, 2.05) is 13.0 Å². The van der Waals surface area contributed by atoms with E-state index in [2.05, 4.69) is 5.10 Å². The normalized spacial score (nSPS) is 10.6. The average molecular weight is 316 g/mol. The lowest BCUT2D eigenvalue weighted by molar-refractivity contribution is -0.156. The highest BCUT2D eigenvalue weighted by atomic mass is 16.6. The zero-order chi connectivity index (χ0) is 16.8. The summed E-state index contributed by atoms with van der Waals surface area (Å²) in [6, 6.07) is 7.19. The van der Waals surface area contributed by atoms with E-state index in [-0.39, 0.29) is 13.2 Å². The van der Waals surface area contributed by atoms with Gasteiger partial charge >= 0.3 is 11.9 Å². The minimum absolute atomic E-state index is 0.192. The van der Waals surface area contributed by atoms with E-state index in [0.29, 0.717) is 11.3 Å². The van der Waals surface area contributed by atoms with Gasteiger partial charge in [0.25, 0.3) is 0 Å². The molecule has 0 bridgehead atoms. The van der Waals surface area contributed by atoms with E-state index >= 15 is 0 Å². The second-order valence-electron chi connectivity index (χ2n) is 4.90. The van der Waals surface area contributed by atoms with Crippen LogP contribution < -0.4 is 0 Å². The Hall–Kier alpha value is -2.63. The number of aromatic nitrogens is 2. The van der Waals surface area contributed by atoms with Gasteiger partial charge in [-0.2, -0.15) is 5.10 Å². The van der Waals surface area contributed by atoms with Crippen LogP contribution in [0.25, 0.3) is 5.69 Å². The third kappa shape index (κ3) is 3.59. The van der Waals surface area contributed by atoms with E-state index < -0.39 is 17.9 Å². The van der Waals surface area contributed by atoms with E-state index in [9.17, 15) is 9.59 Å². The van der Waals surface area contributed by atoms with Gasteiger partial charge < -0.3 is 9.47 Å². The maximum absolute atomic E-state index is 12.3. The van der Waals surface area contributed by atoms with Crippen LogP contribution in [0, 0.1) is 6.92 Å². The van der Waals surface area contributed by atoms with Gasteiger partial charge in [0.05, 0.1) is 18.9 Å². The minimum Gasteiger partial charge on any atom is -0.465 e. The number of hydrogen-bond acceptors (Lipinski definition) is 5. The van der Waals surface area contributed by atoms with Gasteiger partial charge in [0, 0.05) is 18.0 Å². The molecule has 0 saturated carbocycles. The molecule has 0 aliphatic rings. The highest BCUT2D eigenvalue weighted by molar-refractivity contribution is 6.01. The Balaban J connectivity index is 2.57. The molecule has 1 heterocycles. The van der Waals surface area contributed by atoms with Crippen LogP contribution in [0.1, 0.15) is 30.9 Å². The Kier molecular flexibility index (Phi) is 5.51. The number of carbonyl (C=O) groups is 2. The molecule has 6 nitrogen and oxygen atoms in total. The summed E-state index contributed by atoms with van der Waals surface area (Å²) >= 11 is 0. The van der Waals surface area contributed by atoms with Crippen molar-refractivity contribution in [2.45, 2.75) is 26.7 Å². The minimum atomic E-state index is -1.13. The highest BCUT2D eigenvalue weighted by Crippen LogP contribution is 2.28. The average Bonchev–Trinajstić information content (AvgIpc) is 3.02. The first kappa shape index (κ1) is 16.7. The fourth-order valence-electron chi connectivity index (χ4n) is 2.43. The summed E-state index contributed by atoms with van der Waals surface area (Å²) in [5, 5.41) is 4.21. The van der Waals surface area contributed by atoms with Crippen LogP contribution in [0.15, 0.2) is 36.7 Å². The van der Waals surface area contributed by atoms with Crippen molar-refractivity contribution in [1.29, 1.82) is 0 Å². The number of rotatable bonds is 6. The SMILES string of the molecule is CCOC(=O)C(C(=O)OCC)c1cccc(C)c1-n1cccn1. The zero-order valence-electron chi connectivity index (χ0n) is 13.5. The van der Waals surface area contributed by atoms with E-state index in [1.54, 1.807) is 49.1 Å². The van der Waals surface area contributed by atoms with Crippen molar-refractivity contribution >= 4 is 11.9 Å². The molecule has 1 aromatic carbocycles. The van der Waals surface area contributed by atoms with Crippen molar-refractivity contribution in [3.63, 3.8) is 0 Å². The summed E-state index contributed by atoms with van der Waals surface area (Å²) in [4.78, 5) is 24.7. The summed E-state index contributed by atoms with van der Waals surface area (Å²) in [6.45, 7) is 5.68. The van der Waals surface area contributed by atoms with Gasteiger partial charge in [0.15, 0.2) is 5.92 Å². The summed E-state index contributed by atoms with van der Waals surface area (Å²) in [7, 11) is 0. The Morgan fingerprint density at radius 1 is 1.13 bits per heavy atom. The number of carbonyl (C=O) groups excluding carboxylic acids is 2. The molecule has 0 N–H and O–H groups in total. The van der Waals surface area contributed by atoms with Crippen molar-refractivity contribution in [3.8, 4) is 5.69 Å². The summed E-state index contributed by atoms with van der Waals surface area (Å²) in [6.07, 6.45) is 3.40. The van der Waals surface area contributed by atoms with Gasteiger partial charge in [-0.15, -0.1) is 0 Å². The predicted molar refractivity (Wildman–Crippen MR) is 84.3 cm³/mol.